The normalized spacial score (nSPS) is 13.9. The minimum Gasteiger partial charge on any atom is -0.445 e. The van der Waals surface area contributed by atoms with E-state index in [1.54, 1.807) is 11.0 Å². The van der Waals surface area contributed by atoms with E-state index in [9.17, 15) is 19.7 Å². The third-order valence-electron chi connectivity index (χ3n) is 4.44. The molecule has 2 aromatic carbocycles. The van der Waals surface area contributed by atoms with Gasteiger partial charge in [0.25, 0.3) is 5.69 Å². The number of piperazine rings is 1. The molecule has 1 amide bonds. The molecule has 0 N–H and O–H groups in total. The number of hydrogen-bond acceptors (Lipinski definition) is 6. The Balaban J connectivity index is 1.56. The number of nitro groups is 1. The Labute approximate surface area is 156 Å². The smallest absolute Gasteiger partial charge is 0.410 e. The van der Waals surface area contributed by atoms with E-state index in [0.717, 1.165) is 11.3 Å². The molecule has 1 aliphatic rings. The van der Waals surface area contributed by atoms with Crippen molar-refractivity contribution in [1.82, 2.24) is 4.90 Å². The van der Waals surface area contributed by atoms with Crippen LogP contribution in [0.2, 0.25) is 0 Å². The Kier molecular flexibility index (Phi) is 5.65. The van der Waals surface area contributed by atoms with Gasteiger partial charge in [0, 0.05) is 37.9 Å². The molecule has 0 aromatic heterocycles. The number of anilines is 1. The van der Waals surface area contributed by atoms with Gasteiger partial charge in [0.2, 0.25) is 0 Å². The lowest BCUT2D eigenvalue weighted by molar-refractivity contribution is -0.385. The van der Waals surface area contributed by atoms with Crippen molar-refractivity contribution in [2.45, 2.75) is 6.61 Å². The quantitative estimate of drug-likeness (QED) is 0.457. The molecule has 2 aromatic rings. The predicted molar refractivity (Wildman–Crippen MR) is 98.9 cm³/mol. The second kappa shape index (κ2) is 8.31. The van der Waals surface area contributed by atoms with Crippen LogP contribution >= 0.6 is 0 Å². The number of carbonyl (C=O) groups excluding carboxylic acids is 2. The van der Waals surface area contributed by atoms with E-state index in [0.29, 0.717) is 32.5 Å². The van der Waals surface area contributed by atoms with E-state index >= 15 is 0 Å². The number of ether oxygens (including phenoxy) is 1. The van der Waals surface area contributed by atoms with Crippen molar-refractivity contribution in [2.75, 3.05) is 31.1 Å². The van der Waals surface area contributed by atoms with Crippen molar-refractivity contribution in [2.24, 2.45) is 0 Å². The summed E-state index contributed by atoms with van der Waals surface area (Å²) in [5.41, 5.74) is 1.48. The maximum absolute atomic E-state index is 12.2. The van der Waals surface area contributed by atoms with Crippen LogP contribution in [0.15, 0.2) is 48.5 Å². The molecular weight excluding hydrogens is 350 g/mol. The zero-order valence-corrected chi connectivity index (χ0v) is 14.6. The molecule has 0 spiro atoms. The fraction of sp³-hybridized carbons (Fsp3) is 0.263. The summed E-state index contributed by atoms with van der Waals surface area (Å²) in [6, 6.07) is 13.9. The Hall–Kier alpha value is -3.42. The van der Waals surface area contributed by atoms with Crippen LogP contribution in [0.3, 0.4) is 0 Å². The summed E-state index contributed by atoms with van der Waals surface area (Å²) in [6.07, 6.45) is 0.120. The molecule has 1 saturated heterocycles. The zero-order valence-electron chi connectivity index (χ0n) is 14.6. The minimum atomic E-state index is -0.575. The number of hydrogen-bond donors (Lipinski definition) is 0. The molecule has 0 atom stereocenters. The minimum absolute atomic E-state index is 0.0437. The maximum atomic E-state index is 12.2. The predicted octanol–water partition coefficient (Wildman–Crippen LogP) is 2.87. The van der Waals surface area contributed by atoms with Gasteiger partial charge in [-0.05, 0) is 17.7 Å². The Morgan fingerprint density at radius 3 is 2.44 bits per heavy atom. The van der Waals surface area contributed by atoms with E-state index in [1.165, 1.54) is 12.1 Å². The molecule has 27 heavy (non-hydrogen) atoms. The third kappa shape index (κ3) is 4.41. The average molecular weight is 369 g/mol. The Morgan fingerprint density at radius 1 is 1.11 bits per heavy atom. The molecule has 0 unspecified atom stereocenters. The van der Waals surface area contributed by atoms with Gasteiger partial charge in [0.1, 0.15) is 6.61 Å². The summed E-state index contributed by atoms with van der Waals surface area (Å²) < 4.78 is 5.33. The number of amides is 1. The first kappa shape index (κ1) is 18.4. The van der Waals surface area contributed by atoms with Crippen LogP contribution in [0.1, 0.15) is 15.9 Å². The monoisotopic (exact) mass is 369 g/mol. The van der Waals surface area contributed by atoms with E-state index in [2.05, 4.69) is 0 Å². The molecule has 0 bridgehead atoms. The van der Waals surface area contributed by atoms with Crippen LogP contribution in [0, 0.1) is 10.1 Å². The van der Waals surface area contributed by atoms with Crippen LogP contribution < -0.4 is 4.90 Å². The summed E-state index contributed by atoms with van der Waals surface area (Å²) in [6.45, 7) is 2.28. The zero-order chi connectivity index (χ0) is 19.2. The lowest BCUT2D eigenvalue weighted by atomic mass is 10.1. The Bertz CT molecular complexity index is 832. The molecule has 140 valence electrons. The first-order valence-electron chi connectivity index (χ1n) is 8.52. The number of nitrogens with zero attached hydrogens (tertiary/aromatic N) is 3. The first-order chi connectivity index (χ1) is 13.1. The van der Waals surface area contributed by atoms with E-state index in [4.69, 9.17) is 4.74 Å². The van der Waals surface area contributed by atoms with Crippen LogP contribution in [0.25, 0.3) is 0 Å². The van der Waals surface area contributed by atoms with Crippen molar-refractivity contribution in [3.63, 3.8) is 0 Å². The van der Waals surface area contributed by atoms with Gasteiger partial charge < -0.3 is 14.5 Å². The number of benzene rings is 2. The lowest BCUT2D eigenvalue weighted by Gasteiger charge is -2.35. The molecule has 0 saturated carbocycles. The van der Waals surface area contributed by atoms with E-state index in [1.807, 2.05) is 35.2 Å². The summed E-state index contributed by atoms with van der Waals surface area (Å²) in [7, 11) is 0. The van der Waals surface area contributed by atoms with Gasteiger partial charge in [0.15, 0.2) is 6.29 Å². The van der Waals surface area contributed by atoms with Crippen molar-refractivity contribution >= 4 is 23.8 Å². The average Bonchev–Trinajstić information content (AvgIpc) is 2.72. The second-order valence-electron chi connectivity index (χ2n) is 6.13. The van der Waals surface area contributed by atoms with E-state index in [-0.39, 0.29) is 24.0 Å². The largest absolute Gasteiger partial charge is 0.445 e. The highest BCUT2D eigenvalue weighted by Gasteiger charge is 2.23. The Morgan fingerprint density at radius 2 is 1.81 bits per heavy atom. The lowest BCUT2D eigenvalue weighted by Crippen LogP contribution is -2.49. The maximum Gasteiger partial charge on any atom is 0.410 e. The highest BCUT2D eigenvalue weighted by atomic mass is 16.6. The van der Waals surface area contributed by atoms with Gasteiger partial charge in [-0.25, -0.2) is 4.79 Å². The van der Waals surface area contributed by atoms with Gasteiger partial charge >= 0.3 is 6.09 Å². The molecule has 1 heterocycles. The molecule has 8 nitrogen and oxygen atoms in total. The van der Waals surface area contributed by atoms with Crippen LogP contribution in [0.4, 0.5) is 16.2 Å². The highest BCUT2D eigenvalue weighted by Crippen LogP contribution is 2.24. The van der Waals surface area contributed by atoms with Gasteiger partial charge in [-0.15, -0.1) is 0 Å². The summed E-state index contributed by atoms with van der Waals surface area (Å²) in [4.78, 5) is 37.3. The topological polar surface area (TPSA) is 93.0 Å². The molecule has 1 aliphatic heterocycles. The second-order valence-corrected chi connectivity index (χ2v) is 6.13. The molecule has 1 fully saturated rings. The fourth-order valence-corrected chi connectivity index (χ4v) is 2.96. The molecular formula is C19H19N3O5. The van der Waals surface area contributed by atoms with Crippen LogP contribution in [-0.4, -0.2) is 48.4 Å². The number of nitro benzene ring substituents is 1. The summed E-state index contributed by atoms with van der Waals surface area (Å²) in [5, 5.41) is 10.9. The standard InChI is InChI=1S/C19H19N3O5/c23-13-16-12-17(6-7-18(16)22(25)26)20-8-10-21(11-9-20)19(24)27-14-15-4-2-1-3-5-15/h1-7,12-13H,8-11,14H2. The molecule has 0 radical (unpaired) electrons. The SMILES string of the molecule is O=Cc1cc(N2CCN(C(=O)OCc3ccccc3)CC2)ccc1[N+](=O)[O-]. The number of carbonyl (C=O) groups is 2. The van der Waals surface area contributed by atoms with Gasteiger partial charge in [-0.2, -0.15) is 0 Å². The number of aldehydes is 1. The van der Waals surface area contributed by atoms with Crippen LogP contribution in [0.5, 0.6) is 0 Å². The third-order valence-corrected chi connectivity index (χ3v) is 4.44. The summed E-state index contributed by atoms with van der Waals surface area (Å²) >= 11 is 0. The van der Waals surface area contributed by atoms with Crippen molar-refractivity contribution < 1.29 is 19.2 Å². The van der Waals surface area contributed by atoms with Crippen molar-refractivity contribution in [1.29, 1.82) is 0 Å². The molecule has 8 heteroatoms. The fourth-order valence-electron chi connectivity index (χ4n) is 2.96. The van der Waals surface area contributed by atoms with Gasteiger partial charge in [-0.1, -0.05) is 30.3 Å². The van der Waals surface area contributed by atoms with Gasteiger partial charge in [-0.3, -0.25) is 14.9 Å². The van der Waals surface area contributed by atoms with Crippen LogP contribution in [-0.2, 0) is 11.3 Å². The van der Waals surface area contributed by atoms with Crippen molar-refractivity contribution in [3.8, 4) is 0 Å². The van der Waals surface area contributed by atoms with E-state index < -0.39 is 4.92 Å². The number of rotatable bonds is 5. The summed E-state index contributed by atoms with van der Waals surface area (Å²) in [5.74, 6) is 0. The van der Waals surface area contributed by atoms with Gasteiger partial charge in [0.05, 0.1) is 10.5 Å². The first-order valence-corrected chi connectivity index (χ1v) is 8.52. The van der Waals surface area contributed by atoms with Crippen molar-refractivity contribution in [3.05, 3.63) is 69.8 Å². The highest BCUT2D eigenvalue weighted by molar-refractivity contribution is 5.83. The molecule has 0 aliphatic carbocycles. The molecule has 3 rings (SSSR count).